The largest absolute Gasteiger partial charge is 0.333 e. The van der Waals surface area contributed by atoms with E-state index in [0.29, 0.717) is 6.54 Å². The Balaban J connectivity index is 1.80. The molecule has 2 N–H and O–H groups in total. The minimum Gasteiger partial charge on any atom is -0.333 e. The molecule has 0 radical (unpaired) electrons. The van der Waals surface area contributed by atoms with Crippen LogP contribution in [0.3, 0.4) is 0 Å². The smallest absolute Gasteiger partial charge is 0.230 e. The summed E-state index contributed by atoms with van der Waals surface area (Å²) in [6.45, 7) is 2.02. The Bertz CT molecular complexity index is 438. The molecule has 0 saturated heterocycles. The van der Waals surface area contributed by atoms with Crippen LogP contribution < -0.4 is 5.73 Å². The van der Waals surface area contributed by atoms with Gasteiger partial charge in [0, 0.05) is 19.6 Å². The van der Waals surface area contributed by atoms with Gasteiger partial charge in [0.1, 0.15) is 0 Å². The predicted molar refractivity (Wildman–Crippen MR) is 70.7 cm³/mol. The van der Waals surface area contributed by atoms with Gasteiger partial charge in [-0.05, 0) is 24.0 Å². The summed E-state index contributed by atoms with van der Waals surface area (Å²) < 4.78 is 0. The standard InChI is InChI=1S/C15H20N2O/c16-11-15(7-3-4-8-15)14(18)17-9-12-5-1-2-6-13(12)10-17/h1-2,5-6H,3-4,7-11,16H2. The molecule has 2 aliphatic rings. The van der Waals surface area contributed by atoms with Gasteiger partial charge >= 0.3 is 0 Å². The number of nitrogens with two attached hydrogens (primary N) is 1. The fourth-order valence-electron chi connectivity index (χ4n) is 3.37. The Morgan fingerprint density at radius 1 is 1.17 bits per heavy atom. The van der Waals surface area contributed by atoms with Gasteiger partial charge in [0.2, 0.25) is 5.91 Å². The van der Waals surface area contributed by atoms with Crippen molar-refractivity contribution in [3.05, 3.63) is 35.4 Å². The molecule has 1 saturated carbocycles. The number of amides is 1. The van der Waals surface area contributed by atoms with Crippen molar-refractivity contribution in [3.8, 4) is 0 Å². The van der Waals surface area contributed by atoms with E-state index in [1.807, 2.05) is 17.0 Å². The third-order valence-electron chi connectivity index (χ3n) is 4.53. The number of rotatable bonds is 2. The van der Waals surface area contributed by atoms with Crippen molar-refractivity contribution >= 4 is 5.91 Å². The van der Waals surface area contributed by atoms with Crippen molar-refractivity contribution < 1.29 is 4.79 Å². The van der Waals surface area contributed by atoms with Crippen LogP contribution in [0.25, 0.3) is 0 Å². The molecule has 1 aliphatic carbocycles. The van der Waals surface area contributed by atoms with Crippen LogP contribution in [0.2, 0.25) is 0 Å². The molecule has 1 aliphatic heterocycles. The van der Waals surface area contributed by atoms with Crippen LogP contribution in [0, 0.1) is 5.41 Å². The lowest BCUT2D eigenvalue weighted by Crippen LogP contribution is -2.44. The molecule has 1 aromatic carbocycles. The maximum Gasteiger partial charge on any atom is 0.230 e. The van der Waals surface area contributed by atoms with Gasteiger partial charge in [0.15, 0.2) is 0 Å². The van der Waals surface area contributed by atoms with Crippen molar-refractivity contribution in [3.63, 3.8) is 0 Å². The fourth-order valence-corrected chi connectivity index (χ4v) is 3.37. The summed E-state index contributed by atoms with van der Waals surface area (Å²) in [5.74, 6) is 0.277. The quantitative estimate of drug-likeness (QED) is 0.865. The number of hydrogen-bond acceptors (Lipinski definition) is 2. The third-order valence-corrected chi connectivity index (χ3v) is 4.53. The molecule has 1 aromatic rings. The van der Waals surface area contributed by atoms with Crippen molar-refractivity contribution in [1.29, 1.82) is 0 Å². The molecule has 3 rings (SSSR count). The maximum atomic E-state index is 12.7. The highest BCUT2D eigenvalue weighted by Gasteiger charge is 2.43. The highest BCUT2D eigenvalue weighted by atomic mass is 16.2. The molecular formula is C15H20N2O. The first-order chi connectivity index (χ1) is 8.75. The molecule has 0 spiro atoms. The Morgan fingerprint density at radius 3 is 2.22 bits per heavy atom. The number of fused-ring (bicyclic) bond motifs is 1. The average Bonchev–Trinajstić information content (AvgIpc) is 3.05. The number of hydrogen-bond donors (Lipinski definition) is 1. The van der Waals surface area contributed by atoms with E-state index in [1.165, 1.54) is 11.1 Å². The lowest BCUT2D eigenvalue weighted by Gasteiger charge is -2.30. The van der Waals surface area contributed by atoms with Gasteiger partial charge in [-0.25, -0.2) is 0 Å². The third kappa shape index (κ3) is 1.74. The number of benzene rings is 1. The van der Waals surface area contributed by atoms with Gasteiger partial charge in [-0.1, -0.05) is 37.1 Å². The van der Waals surface area contributed by atoms with Gasteiger partial charge in [0.05, 0.1) is 5.41 Å². The first kappa shape index (κ1) is 11.7. The monoisotopic (exact) mass is 244 g/mol. The number of nitrogens with zero attached hydrogens (tertiary/aromatic N) is 1. The Labute approximate surface area is 108 Å². The molecule has 0 aromatic heterocycles. The van der Waals surface area contributed by atoms with Crippen molar-refractivity contribution in [1.82, 2.24) is 4.90 Å². The van der Waals surface area contributed by atoms with Crippen LogP contribution in [0.4, 0.5) is 0 Å². The van der Waals surface area contributed by atoms with E-state index in [4.69, 9.17) is 5.73 Å². The van der Waals surface area contributed by atoms with E-state index in [-0.39, 0.29) is 11.3 Å². The van der Waals surface area contributed by atoms with Gasteiger partial charge in [-0.3, -0.25) is 4.79 Å². The highest BCUT2D eigenvalue weighted by molar-refractivity contribution is 5.84. The highest BCUT2D eigenvalue weighted by Crippen LogP contribution is 2.40. The minimum atomic E-state index is -0.262. The van der Waals surface area contributed by atoms with E-state index in [0.717, 1.165) is 38.8 Å². The zero-order chi connectivity index (χ0) is 12.6. The molecule has 1 heterocycles. The summed E-state index contributed by atoms with van der Waals surface area (Å²) in [5, 5.41) is 0. The molecule has 0 atom stereocenters. The summed E-state index contributed by atoms with van der Waals surface area (Å²) in [5.41, 5.74) is 8.21. The van der Waals surface area contributed by atoms with Crippen LogP contribution >= 0.6 is 0 Å². The van der Waals surface area contributed by atoms with Gasteiger partial charge in [-0.15, -0.1) is 0 Å². The Hall–Kier alpha value is -1.35. The van der Waals surface area contributed by atoms with Crippen LogP contribution in [-0.4, -0.2) is 17.4 Å². The zero-order valence-corrected chi connectivity index (χ0v) is 10.7. The van der Waals surface area contributed by atoms with Crippen molar-refractivity contribution in [2.75, 3.05) is 6.54 Å². The van der Waals surface area contributed by atoms with E-state index in [1.54, 1.807) is 0 Å². The molecule has 0 unspecified atom stereocenters. The molecule has 1 fully saturated rings. The van der Waals surface area contributed by atoms with Crippen LogP contribution in [0.5, 0.6) is 0 Å². The van der Waals surface area contributed by atoms with Gasteiger partial charge in [0.25, 0.3) is 0 Å². The van der Waals surface area contributed by atoms with Gasteiger partial charge < -0.3 is 10.6 Å². The molecular weight excluding hydrogens is 224 g/mol. The number of carbonyl (C=O) groups is 1. The topological polar surface area (TPSA) is 46.3 Å². The van der Waals surface area contributed by atoms with E-state index in [2.05, 4.69) is 12.1 Å². The lowest BCUT2D eigenvalue weighted by molar-refractivity contribution is -0.142. The van der Waals surface area contributed by atoms with Gasteiger partial charge in [-0.2, -0.15) is 0 Å². The van der Waals surface area contributed by atoms with Crippen molar-refractivity contribution in [2.24, 2.45) is 11.1 Å². The van der Waals surface area contributed by atoms with Crippen LogP contribution in [-0.2, 0) is 17.9 Å². The predicted octanol–water partition coefficient (Wildman–Crippen LogP) is 2.05. The van der Waals surface area contributed by atoms with E-state index >= 15 is 0 Å². The first-order valence-corrected chi connectivity index (χ1v) is 6.81. The fraction of sp³-hybridized carbons (Fsp3) is 0.533. The van der Waals surface area contributed by atoms with E-state index < -0.39 is 0 Å². The maximum absolute atomic E-state index is 12.7. The first-order valence-electron chi connectivity index (χ1n) is 6.81. The summed E-state index contributed by atoms with van der Waals surface area (Å²) in [4.78, 5) is 14.7. The molecule has 96 valence electrons. The zero-order valence-electron chi connectivity index (χ0n) is 10.7. The lowest BCUT2D eigenvalue weighted by atomic mass is 9.84. The molecule has 3 heteroatoms. The molecule has 3 nitrogen and oxygen atoms in total. The second-order valence-electron chi connectivity index (χ2n) is 5.62. The number of carbonyl (C=O) groups excluding carboxylic acids is 1. The average molecular weight is 244 g/mol. The van der Waals surface area contributed by atoms with Crippen molar-refractivity contribution in [2.45, 2.75) is 38.8 Å². The van der Waals surface area contributed by atoms with Crippen LogP contribution in [0.15, 0.2) is 24.3 Å². The summed E-state index contributed by atoms with van der Waals surface area (Å²) in [6, 6.07) is 8.32. The van der Waals surface area contributed by atoms with E-state index in [9.17, 15) is 4.79 Å². The van der Waals surface area contributed by atoms with Crippen LogP contribution in [0.1, 0.15) is 36.8 Å². The Kier molecular flexibility index (Phi) is 2.86. The molecule has 1 amide bonds. The second kappa shape index (κ2) is 4.39. The Morgan fingerprint density at radius 2 is 1.72 bits per heavy atom. The normalized spacial score (nSPS) is 21.1. The summed E-state index contributed by atoms with van der Waals surface area (Å²) in [7, 11) is 0. The minimum absolute atomic E-state index is 0.262. The summed E-state index contributed by atoms with van der Waals surface area (Å²) in [6.07, 6.45) is 4.22. The SMILES string of the molecule is NCC1(C(=O)N2Cc3ccccc3C2)CCCC1. The summed E-state index contributed by atoms with van der Waals surface area (Å²) >= 11 is 0. The second-order valence-corrected chi connectivity index (χ2v) is 5.62. The molecule has 18 heavy (non-hydrogen) atoms. The molecule has 0 bridgehead atoms.